The summed E-state index contributed by atoms with van der Waals surface area (Å²) < 4.78 is 11.3. The number of thiocarbonyl (C=S) groups is 1. The molecule has 0 amide bonds. The molecule has 2 aromatic carbocycles. The number of carbonyl (C=O) groups excluding carboxylic acids is 1. The second-order valence-electron chi connectivity index (χ2n) is 7.08. The van der Waals surface area contributed by atoms with E-state index in [1.165, 1.54) is 12.1 Å². The molecular weight excluding hydrogens is 429 g/mol. The molecule has 0 saturated carbocycles. The van der Waals surface area contributed by atoms with E-state index in [4.69, 9.17) is 44.9 Å². The summed E-state index contributed by atoms with van der Waals surface area (Å²) in [7, 11) is 0. The fourth-order valence-electron chi connectivity index (χ4n) is 3.20. The summed E-state index contributed by atoms with van der Waals surface area (Å²) in [5, 5.41) is 0.684. The molecule has 4 nitrogen and oxygen atoms in total. The number of nitrogens with zero attached hydrogens (tertiary/aromatic N) is 1. The number of ether oxygens (including phenoxy) is 2. The maximum absolute atomic E-state index is 12.6. The van der Waals surface area contributed by atoms with Crippen LogP contribution in [0.2, 0.25) is 10.0 Å². The van der Waals surface area contributed by atoms with Crippen molar-refractivity contribution in [3.63, 3.8) is 0 Å². The van der Waals surface area contributed by atoms with Crippen LogP contribution in [0.3, 0.4) is 0 Å². The second-order valence-corrected chi connectivity index (χ2v) is 8.31. The standard InChI is InChI=1S/C22H23Cl2NO3S/c1-3-27-20-12-15(21(29)25-10-8-14(2)9-11-25)4-7-19(20)28-22(26)17-6-5-16(23)13-18(17)24/h4-7,12-14H,3,8-11H2,1-2H3. The van der Waals surface area contributed by atoms with Crippen LogP contribution in [0.25, 0.3) is 0 Å². The van der Waals surface area contributed by atoms with Crippen molar-refractivity contribution in [2.75, 3.05) is 19.7 Å². The zero-order valence-electron chi connectivity index (χ0n) is 16.4. The predicted molar refractivity (Wildman–Crippen MR) is 121 cm³/mol. The van der Waals surface area contributed by atoms with E-state index < -0.39 is 5.97 Å². The molecule has 7 heteroatoms. The number of likely N-dealkylation sites (tertiary alicyclic amines) is 1. The summed E-state index contributed by atoms with van der Waals surface area (Å²) in [6.07, 6.45) is 2.27. The molecule has 0 spiro atoms. The first kappa shape index (κ1) is 21.9. The highest BCUT2D eigenvalue weighted by molar-refractivity contribution is 7.80. The zero-order chi connectivity index (χ0) is 21.0. The summed E-state index contributed by atoms with van der Waals surface area (Å²) in [5.74, 6) is 0.945. The molecule has 1 aliphatic rings. The minimum absolute atomic E-state index is 0.234. The fraction of sp³-hybridized carbons (Fsp3) is 0.364. The Morgan fingerprint density at radius 1 is 1.14 bits per heavy atom. The number of benzene rings is 2. The van der Waals surface area contributed by atoms with Gasteiger partial charge in [0.2, 0.25) is 0 Å². The molecule has 0 aliphatic carbocycles. The Balaban J connectivity index is 1.80. The zero-order valence-corrected chi connectivity index (χ0v) is 18.7. The van der Waals surface area contributed by atoms with Crippen molar-refractivity contribution < 1.29 is 14.3 Å². The Morgan fingerprint density at radius 3 is 2.52 bits per heavy atom. The van der Waals surface area contributed by atoms with Gasteiger partial charge in [0.25, 0.3) is 0 Å². The van der Waals surface area contributed by atoms with Gasteiger partial charge in [0.05, 0.1) is 17.2 Å². The molecule has 154 valence electrons. The lowest BCUT2D eigenvalue weighted by Gasteiger charge is -2.32. The fourth-order valence-corrected chi connectivity index (χ4v) is 3.99. The maximum atomic E-state index is 12.6. The van der Waals surface area contributed by atoms with Gasteiger partial charge in [-0.25, -0.2) is 4.79 Å². The molecule has 1 aliphatic heterocycles. The first-order chi connectivity index (χ1) is 13.9. The van der Waals surface area contributed by atoms with Crippen molar-refractivity contribution in [1.82, 2.24) is 4.90 Å². The quantitative estimate of drug-likeness (QED) is 0.315. The van der Waals surface area contributed by atoms with Crippen molar-refractivity contribution in [2.24, 2.45) is 5.92 Å². The number of esters is 1. The first-order valence-electron chi connectivity index (χ1n) is 9.62. The molecule has 2 aromatic rings. The molecule has 0 radical (unpaired) electrons. The van der Waals surface area contributed by atoms with Crippen LogP contribution in [0.15, 0.2) is 36.4 Å². The van der Waals surface area contributed by atoms with Crippen LogP contribution in [0, 0.1) is 5.92 Å². The van der Waals surface area contributed by atoms with Crippen LogP contribution in [0.1, 0.15) is 42.6 Å². The third-order valence-electron chi connectivity index (χ3n) is 4.92. The average molecular weight is 452 g/mol. The van der Waals surface area contributed by atoms with E-state index in [2.05, 4.69) is 11.8 Å². The molecule has 0 N–H and O–H groups in total. The molecule has 1 heterocycles. The van der Waals surface area contributed by atoms with Crippen molar-refractivity contribution in [3.8, 4) is 11.5 Å². The molecule has 0 bridgehead atoms. The van der Waals surface area contributed by atoms with E-state index in [0.29, 0.717) is 23.1 Å². The van der Waals surface area contributed by atoms with Gasteiger partial charge in [-0.15, -0.1) is 0 Å². The van der Waals surface area contributed by atoms with E-state index in [9.17, 15) is 4.79 Å². The maximum Gasteiger partial charge on any atom is 0.345 e. The van der Waals surface area contributed by atoms with Gasteiger partial charge < -0.3 is 14.4 Å². The van der Waals surface area contributed by atoms with E-state index in [0.717, 1.165) is 42.4 Å². The van der Waals surface area contributed by atoms with Crippen molar-refractivity contribution in [3.05, 3.63) is 57.6 Å². The van der Waals surface area contributed by atoms with E-state index in [1.54, 1.807) is 12.1 Å². The minimum atomic E-state index is -0.576. The van der Waals surface area contributed by atoms with Crippen LogP contribution >= 0.6 is 35.4 Å². The van der Waals surface area contributed by atoms with Gasteiger partial charge in [0, 0.05) is 23.7 Å². The van der Waals surface area contributed by atoms with Crippen molar-refractivity contribution >= 4 is 46.4 Å². The number of carbonyl (C=O) groups is 1. The van der Waals surface area contributed by atoms with Crippen molar-refractivity contribution in [2.45, 2.75) is 26.7 Å². The SMILES string of the molecule is CCOc1cc(C(=S)N2CCC(C)CC2)ccc1OC(=O)c1ccc(Cl)cc1Cl. The number of rotatable bonds is 5. The van der Waals surface area contributed by atoms with Crippen LogP contribution in [-0.2, 0) is 0 Å². The molecular formula is C22H23Cl2NO3S. The summed E-state index contributed by atoms with van der Waals surface area (Å²) in [6.45, 7) is 6.48. The van der Waals surface area contributed by atoms with Gasteiger partial charge in [0.1, 0.15) is 4.99 Å². The normalized spacial score (nSPS) is 14.6. The third kappa shape index (κ3) is 5.41. The second kappa shape index (κ2) is 9.79. The first-order valence-corrected chi connectivity index (χ1v) is 10.8. The Bertz CT molecular complexity index is 911. The number of halogens is 2. The minimum Gasteiger partial charge on any atom is -0.490 e. The van der Waals surface area contributed by atoms with Gasteiger partial charge >= 0.3 is 5.97 Å². The predicted octanol–water partition coefficient (Wildman–Crippen LogP) is 6.02. The molecule has 3 rings (SSSR count). The number of hydrogen-bond donors (Lipinski definition) is 0. The smallest absolute Gasteiger partial charge is 0.345 e. The van der Waals surface area contributed by atoms with Crippen LogP contribution in [0.4, 0.5) is 0 Å². The largest absolute Gasteiger partial charge is 0.490 e. The van der Waals surface area contributed by atoms with Crippen LogP contribution in [0.5, 0.6) is 11.5 Å². The molecule has 29 heavy (non-hydrogen) atoms. The summed E-state index contributed by atoms with van der Waals surface area (Å²) in [5.41, 5.74) is 1.11. The highest BCUT2D eigenvalue weighted by Gasteiger charge is 2.21. The highest BCUT2D eigenvalue weighted by Crippen LogP contribution is 2.31. The Hall–Kier alpha value is -1.82. The van der Waals surface area contributed by atoms with E-state index >= 15 is 0 Å². The molecule has 0 aromatic heterocycles. The van der Waals surface area contributed by atoms with Gasteiger partial charge in [-0.2, -0.15) is 0 Å². The highest BCUT2D eigenvalue weighted by atomic mass is 35.5. The van der Waals surface area contributed by atoms with Gasteiger partial charge in [-0.3, -0.25) is 0 Å². The van der Waals surface area contributed by atoms with E-state index in [1.807, 2.05) is 19.1 Å². The summed E-state index contributed by atoms with van der Waals surface area (Å²) >= 11 is 17.7. The summed E-state index contributed by atoms with van der Waals surface area (Å²) in [6, 6.07) is 10.0. The van der Waals surface area contributed by atoms with Gasteiger partial charge in [0.15, 0.2) is 11.5 Å². The Kier molecular flexibility index (Phi) is 7.38. The average Bonchev–Trinajstić information content (AvgIpc) is 2.69. The number of hydrogen-bond acceptors (Lipinski definition) is 4. The van der Waals surface area contributed by atoms with Gasteiger partial charge in [-0.05, 0) is 62.1 Å². The lowest BCUT2D eigenvalue weighted by Crippen LogP contribution is -2.37. The van der Waals surface area contributed by atoms with Crippen LogP contribution < -0.4 is 9.47 Å². The lowest BCUT2D eigenvalue weighted by atomic mass is 9.99. The topological polar surface area (TPSA) is 38.8 Å². The van der Waals surface area contributed by atoms with Crippen molar-refractivity contribution in [1.29, 1.82) is 0 Å². The van der Waals surface area contributed by atoms with Gasteiger partial charge in [-0.1, -0.05) is 42.3 Å². The monoisotopic (exact) mass is 451 g/mol. The molecule has 1 saturated heterocycles. The van der Waals surface area contributed by atoms with E-state index in [-0.39, 0.29) is 10.6 Å². The third-order valence-corrected chi connectivity index (χ3v) is 5.96. The van der Waals surface area contributed by atoms with Crippen LogP contribution in [-0.4, -0.2) is 35.6 Å². The molecule has 1 fully saturated rings. The molecule has 0 atom stereocenters. The molecule has 0 unspecified atom stereocenters. The Morgan fingerprint density at radius 2 is 1.86 bits per heavy atom. The Labute approximate surface area is 186 Å². The summed E-state index contributed by atoms with van der Waals surface area (Å²) in [4.78, 5) is 15.6. The lowest BCUT2D eigenvalue weighted by molar-refractivity contribution is 0.0728. The number of piperidine rings is 1.